The molecule has 2 amide bonds. The molecule has 0 radical (unpaired) electrons. The van der Waals surface area contributed by atoms with Gasteiger partial charge in [0.05, 0.1) is 25.5 Å². The second-order valence-corrected chi connectivity index (χ2v) is 8.41. The van der Waals surface area contributed by atoms with E-state index in [-0.39, 0.29) is 11.8 Å². The minimum Gasteiger partial charge on any atom is -0.497 e. The van der Waals surface area contributed by atoms with Crippen molar-refractivity contribution in [1.82, 2.24) is 20.0 Å². The third-order valence-electron chi connectivity index (χ3n) is 6.17. The van der Waals surface area contributed by atoms with Crippen LogP contribution >= 0.6 is 0 Å². The summed E-state index contributed by atoms with van der Waals surface area (Å²) in [7, 11) is 3.19. The number of amides is 2. The van der Waals surface area contributed by atoms with Crippen LogP contribution in [0.15, 0.2) is 54.7 Å². The number of ether oxygens (including phenoxy) is 2. The molecule has 4 rings (SSSR count). The fourth-order valence-electron chi connectivity index (χ4n) is 4.24. The molecule has 1 N–H and O–H groups in total. The lowest BCUT2D eigenvalue weighted by molar-refractivity contribution is -0.119. The predicted molar refractivity (Wildman–Crippen MR) is 129 cm³/mol. The van der Waals surface area contributed by atoms with Crippen molar-refractivity contribution < 1.29 is 19.1 Å². The van der Waals surface area contributed by atoms with Crippen LogP contribution in [0.2, 0.25) is 0 Å². The number of hydrogen-bond donors (Lipinski definition) is 1. The molecule has 0 saturated carbocycles. The van der Waals surface area contributed by atoms with E-state index in [0.29, 0.717) is 48.3 Å². The van der Waals surface area contributed by atoms with E-state index in [0.717, 1.165) is 24.1 Å². The van der Waals surface area contributed by atoms with Crippen LogP contribution in [0, 0.1) is 5.92 Å². The highest BCUT2D eigenvalue weighted by Gasteiger charge is 2.28. The average Bonchev–Trinajstić information content (AvgIpc) is 3.32. The Morgan fingerprint density at radius 3 is 2.44 bits per heavy atom. The molecule has 1 aliphatic rings. The molecule has 8 nitrogen and oxygen atoms in total. The number of rotatable bonds is 7. The SMILES string of the molecule is COc1ccc(-c2nn(-c3ccccc3)cc2C(=O)N2CCC(CNC(C)=O)CC2)c(OC)c1. The summed E-state index contributed by atoms with van der Waals surface area (Å²) in [6, 6.07) is 15.2. The molecule has 0 aliphatic carbocycles. The summed E-state index contributed by atoms with van der Waals surface area (Å²) in [4.78, 5) is 26.8. The Labute approximate surface area is 199 Å². The summed E-state index contributed by atoms with van der Waals surface area (Å²) in [5.41, 5.74) is 2.67. The van der Waals surface area contributed by atoms with E-state index in [2.05, 4.69) is 5.32 Å². The first kappa shape index (κ1) is 23.4. The zero-order valence-corrected chi connectivity index (χ0v) is 19.8. The van der Waals surface area contributed by atoms with Gasteiger partial charge in [0.1, 0.15) is 17.2 Å². The van der Waals surface area contributed by atoms with Gasteiger partial charge >= 0.3 is 0 Å². The first-order chi connectivity index (χ1) is 16.5. The monoisotopic (exact) mass is 462 g/mol. The lowest BCUT2D eigenvalue weighted by atomic mass is 9.96. The molecule has 3 aromatic rings. The Hall–Kier alpha value is -3.81. The molecule has 0 spiro atoms. The van der Waals surface area contributed by atoms with Gasteiger partial charge < -0.3 is 19.7 Å². The van der Waals surface area contributed by atoms with Gasteiger partial charge in [0.15, 0.2) is 0 Å². The zero-order chi connectivity index (χ0) is 24.1. The molecular formula is C26H30N4O4. The van der Waals surface area contributed by atoms with Gasteiger partial charge in [0.25, 0.3) is 5.91 Å². The molecule has 0 unspecified atom stereocenters. The van der Waals surface area contributed by atoms with Gasteiger partial charge in [-0.25, -0.2) is 4.68 Å². The fourth-order valence-corrected chi connectivity index (χ4v) is 4.24. The first-order valence-corrected chi connectivity index (χ1v) is 11.4. The summed E-state index contributed by atoms with van der Waals surface area (Å²) >= 11 is 0. The van der Waals surface area contributed by atoms with Crippen molar-refractivity contribution in [2.75, 3.05) is 33.9 Å². The third-order valence-corrected chi connectivity index (χ3v) is 6.17. The Morgan fingerprint density at radius 2 is 1.79 bits per heavy atom. The molecule has 2 aromatic carbocycles. The average molecular weight is 463 g/mol. The predicted octanol–water partition coefficient (Wildman–Crippen LogP) is 3.54. The second kappa shape index (κ2) is 10.4. The van der Waals surface area contributed by atoms with E-state index >= 15 is 0 Å². The van der Waals surface area contributed by atoms with Crippen LogP contribution in [0.25, 0.3) is 16.9 Å². The van der Waals surface area contributed by atoms with Gasteiger partial charge in [-0.3, -0.25) is 9.59 Å². The fraction of sp³-hybridized carbons (Fsp3) is 0.346. The number of likely N-dealkylation sites (tertiary alicyclic amines) is 1. The Morgan fingerprint density at radius 1 is 1.06 bits per heavy atom. The minimum absolute atomic E-state index is 0.0232. The normalized spacial score (nSPS) is 14.0. The molecule has 1 saturated heterocycles. The molecule has 178 valence electrons. The van der Waals surface area contributed by atoms with Crippen molar-refractivity contribution in [2.24, 2.45) is 5.92 Å². The molecule has 1 aromatic heterocycles. The van der Waals surface area contributed by atoms with Crippen LogP contribution in [0.5, 0.6) is 11.5 Å². The molecule has 1 aliphatic heterocycles. The first-order valence-electron chi connectivity index (χ1n) is 11.4. The van der Waals surface area contributed by atoms with Gasteiger partial charge in [-0.15, -0.1) is 0 Å². The van der Waals surface area contributed by atoms with Gasteiger partial charge in [0, 0.05) is 44.4 Å². The van der Waals surface area contributed by atoms with Crippen molar-refractivity contribution in [2.45, 2.75) is 19.8 Å². The van der Waals surface area contributed by atoms with Crippen LogP contribution in [-0.2, 0) is 4.79 Å². The maximum Gasteiger partial charge on any atom is 0.257 e. The summed E-state index contributed by atoms with van der Waals surface area (Å²) < 4.78 is 12.7. The molecule has 0 bridgehead atoms. The number of piperidine rings is 1. The number of hydrogen-bond acceptors (Lipinski definition) is 5. The number of para-hydroxylation sites is 1. The smallest absolute Gasteiger partial charge is 0.257 e. The number of carbonyl (C=O) groups is 2. The van der Waals surface area contributed by atoms with E-state index in [4.69, 9.17) is 14.6 Å². The van der Waals surface area contributed by atoms with E-state index < -0.39 is 0 Å². The zero-order valence-electron chi connectivity index (χ0n) is 19.8. The number of nitrogens with zero attached hydrogens (tertiary/aromatic N) is 3. The Bertz CT molecular complexity index is 1150. The Balaban J connectivity index is 1.66. The molecule has 34 heavy (non-hydrogen) atoms. The van der Waals surface area contributed by atoms with Gasteiger partial charge in [-0.05, 0) is 43.0 Å². The van der Waals surface area contributed by atoms with Crippen molar-refractivity contribution in [3.63, 3.8) is 0 Å². The lowest BCUT2D eigenvalue weighted by Crippen LogP contribution is -2.41. The van der Waals surface area contributed by atoms with Crippen LogP contribution in [0.3, 0.4) is 0 Å². The number of nitrogens with one attached hydrogen (secondary N) is 1. The van der Waals surface area contributed by atoms with Crippen molar-refractivity contribution in [3.05, 3.63) is 60.3 Å². The molecule has 0 atom stereocenters. The summed E-state index contributed by atoms with van der Waals surface area (Å²) in [6.07, 6.45) is 3.49. The standard InChI is InChI=1S/C26H30N4O4/c1-18(31)27-16-19-11-13-29(14-12-19)26(32)23-17-30(20-7-5-4-6-8-20)28-25(23)22-10-9-21(33-2)15-24(22)34-3/h4-10,15,17,19H,11-14,16H2,1-3H3,(H,27,31). The minimum atomic E-state index is -0.0620. The van der Waals surface area contributed by atoms with Crippen LogP contribution in [0.4, 0.5) is 0 Å². The topological polar surface area (TPSA) is 85.7 Å². The third kappa shape index (κ3) is 5.06. The molecule has 2 heterocycles. The highest BCUT2D eigenvalue weighted by atomic mass is 16.5. The van der Waals surface area contributed by atoms with E-state index in [9.17, 15) is 9.59 Å². The van der Waals surface area contributed by atoms with E-state index in [1.807, 2.05) is 47.4 Å². The highest BCUT2D eigenvalue weighted by molar-refractivity contribution is 6.00. The van der Waals surface area contributed by atoms with Gasteiger partial charge in [-0.2, -0.15) is 5.10 Å². The number of methoxy groups -OCH3 is 2. The largest absolute Gasteiger partial charge is 0.497 e. The van der Waals surface area contributed by atoms with Crippen molar-refractivity contribution >= 4 is 11.8 Å². The van der Waals surface area contributed by atoms with Crippen molar-refractivity contribution in [1.29, 1.82) is 0 Å². The van der Waals surface area contributed by atoms with Gasteiger partial charge in [0.2, 0.25) is 5.91 Å². The quantitative estimate of drug-likeness (QED) is 0.581. The lowest BCUT2D eigenvalue weighted by Gasteiger charge is -2.32. The summed E-state index contributed by atoms with van der Waals surface area (Å²) in [5.74, 6) is 1.54. The summed E-state index contributed by atoms with van der Waals surface area (Å²) in [6.45, 7) is 3.45. The maximum atomic E-state index is 13.7. The Kier molecular flexibility index (Phi) is 7.15. The maximum absolute atomic E-state index is 13.7. The van der Waals surface area contributed by atoms with Crippen LogP contribution in [-0.4, -0.2) is 60.3 Å². The molecular weight excluding hydrogens is 432 g/mol. The number of aromatic nitrogens is 2. The summed E-state index contributed by atoms with van der Waals surface area (Å²) in [5, 5.41) is 7.68. The highest BCUT2D eigenvalue weighted by Crippen LogP contribution is 2.35. The number of benzene rings is 2. The van der Waals surface area contributed by atoms with E-state index in [1.165, 1.54) is 6.92 Å². The van der Waals surface area contributed by atoms with Gasteiger partial charge in [-0.1, -0.05) is 18.2 Å². The number of carbonyl (C=O) groups excluding carboxylic acids is 2. The van der Waals surface area contributed by atoms with Crippen LogP contribution < -0.4 is 14.8 Å². The van der Waals surface area contributed by atoms with Crippen molar-refractivity contribution in [3.8, 4) is 28.4 Å². The second-order valence-electron chi connectivity index (χ2n) is 8.41. The molecule has 8 heteroatoms. The molecule has 1 fully saturated rings. The van der Waals surface area contributed by atoms with E-state index in [1.54, 1.807) is 31.2 Å². The van der Waals surface area contributed by atoms with Crippen LogP contribution in [0.1, 0.15) is 30.1 Å².